The number of esters is 1. The van der Waals surface area contributed by atoms with Crippen molar-refractivity contribution in [3.63, 3.8) is 0 Å². The second-order valence-electron chi connectivity index (χ2n) is 7.96. The van der Waals surface area contributed by atoms with Crippen LogP contribution in [0.25, 0.3) is 0 Å². The quantitative estimate of drug-likeness (QED) is 0.397. The molecule has 180 valence electrons. The fraction of sp³-hybridized carbons (Fsp3) is 0.391. The Balaban J connectivity index is 0.00000193. The Kier molecular flexibility index (Phi) is 9.87. The highest BCUT2D eigenvalue weighted by Crippen LogP contribution is 2.47. The highest BCUT2D eigenvalue weighted by Gasteiger charge is 2.53. The van der Waals surface area contributed by atoms with Gasteiger partial charge >= 0.3 is 11.9 Å². The van der Waals surface area contributed by atoms with E-state index in [1.807, 2.05) is 48.5 Å². The standard InChI is InChI=1S/C23H27N3O4S.2ClH/c24-21(16-7-3-1-4-8-16)30-22(29)20-23(31-18(25-20)15-19(27)28)11-13-26(14-12-23)17-9-5-2-6-10-17;;/h1-10,18,20-21,25H,11-15,24H2,(H,27,28);2*1H. The van der Waals surface area contributed by atoms with Crippen molar-refractivity contribution in [3.05, 3.63) is 66.2 Å². The average Bonchev–Trinajstić information content (AvgIpc) is 3.12. The lowest BCUT2D eigenvalue weighted by Gasteiger charge is -2.42. The van der Waals surface area contributed by atoms with E-state index in [2.05, 4.69) is 22.3 Å². The van der Waals surface area contributed by atoms with E-state index in [4.69, 9.17) is 10.5 Å². The third-order valence-electron chi connectivity index (χ3n) is 5.95. The third kappa shape index (κ3) is 6.33. The van der Waals surface area contributed by atoms with Crippen LogP contribution in [0.2, 0.25) is 0 Å². The molecular formula is C23H29Cl2N3O4S. The number of benzene rings is 2. The van der Waals surface area contributed by atoms with Crippen molar-refractivity contribution in [2.45, 2.75) is 41.7 Å². The van der Waals surface area contributed by atoms with Gasteiger partial charge in [0.1, 0.15) is 6.04 Å². The Morgan fingerprint density at radius 3 is 2.24 bits per heavy atom. The van der Waals surface area contributed by atoms with Gasteiger partial charge in [0, 0.05) is 29.1 Å². The number of nitrogens with zero attached hydrogens (tertiary/aromatic N) is 1. The summed E-state index contributed by atoms with van der Waals surface area (Å²) >= 11 is 1.56. The van der Waals surface area contributed by atoms with Gasteiger partial charge in [-0.1, -0.05) is 48.5 Å². The molecule has 0 saturated carbocycles. The van der Waals surface area contributed by atoms with Crippen LogP contribution < -0.4 is 16.0 Å². The SMILES string of the molecule is Cl.Cl.NC(OC(=O)C1NC(CC(=O)O)SC12CCN(c1ccccc1)CC2)c1ccccc1. The lowest BCUT2D eigenvalue weighted by molar-refractivity contribution is -0.153. The molecule has 0 aromatic heterocycles. The zero-order valence-electron chi connectivity index (χ0n) is 18.0. The summed E-state index contributed by atoms with van der Waals surface area (Å²) in [7, 11) is 0. The molecule has 0 bridgehead atoms. The van der Waals surface area contributed by atoms with E-state index < -0.39 is 29.0 Å². The molecule has 0 amide bonds. The Morgan fingerprint density at radius 2 is 1.67 bits per heavy atom. The Hall–Kier alpha value is -1.97. The summed E-state index contributed by atoms with van der Waals surface area (Å²) in [5, 5.41) is 12.2. The maximum Gasteiger partial charge on any atom is 0.326 e. The number of hydrogen-bond donors (Lipinski definition) is 3. The van der Waals surface area contributed by atoms with E-state index in [-0.39, 0.29) is 36.6 Å². The predicted molar refractivity (Wildman–Crippen MR) is 135 cm³/mol. The average molecular weight is 514 g/mol. The smallest absolute Gasteiger partial charge is 0.326 e. The molecule has 2 aromatic rings. The zero-order chi connectivity index (χ0) is 21.8. The van der Waals surface area contributed by atoms with Gasteiger partial charge in [-0.25, -0.2) is 0 Å². The summed E-state index contributed by atoms with van der Waals surface area (Å²) in [6, 6.07) is 18.8. The Labute approximate surface area is 210 Å². The number of hydrogen-bond acceptors (Lipinski definition) is 7. The zero-order valence-corrected chi connectivity index (χ0v) is 20.4. The number of aliphatic carboxylic acids is 1. The third-order valence-corrected chi connectivity index (χ3v) is 7.65. The number of nitrogens with two attached hydrogens (primary N) is 1. The molecule has 2 saturated heterocycles. The van der Waals surface area contributed by atoms with Gasteiger partial charge in [-0.2, -0.15) is 0 Å². The van der Waals surface area contributed by atoms with Crippen molar-refractivity contribution >= 4 is 54.2 Å². The number of carboxylic acid groups (broad SMARTS) is 1. The number of carbonyl (C=O) groups excluding carboxylic acids is 1. The molecule has 3 atom stereocenters. The molecule has 2 aromatic carbocycles. The minimum absolute atomic E-state index is 0. The van der Waals surface area contributed by atoms with E-state index in [0.717, 1.165) is 37.2 Å². The second-order valence-corrected chi connectivity index (χ2v) is 9.58. The summed E-state index contributed by atoms with van der Waals surface area (Å²) in [4.78, 5) is 26.8. The summed E-state index contributed by atoms with van der Waals surface area (Å²) in [6.07, 6.45) is 0.579. The molecule has 4 N–H and O–H groups in total. The topological polar surface area (TPSA) is 105 Å². The molecule has 3 unspecified atom stereocenters. The second kappa shape index (κ2) is 11.9. The number of para-hydroxylation sites is 1. The summed E-state index contributed by atoms with van der Waals surface area (Å²) in [6.45, 7) is 1.57. The van der Waals surface area contributed by atoms with Gasteiger partial charge in [0.2, 0.25) is 0 Å². The van der Waals surface area contributed by atoms with Crippen LogP contribution in [0, 0.1) is 0 Å². The monoisotopic (exact) mass is 513 g/mol. The molecule has 2 fully saturated rings. The number of nitrogens with one attached hydrogen (secondary N) is 1. The first-order valence-corrected chi connectivity index (χ1v) is 11.3. The van der Waals surface area contributed by atoms with Crippen LogP contribution in [0.1, 0.15) is 31.1 Å². The van der Waals surface area contributed by atoms with Crippen molar-refractivity contribution in [2.75, 3.05) is 18.0 Å². The summed E-state index contributed by atoms with van der Waals surface area (Å²) < 4.78 is 5.20. The fourth-order valence-electron chi connectivity index (χ4n) is 4.36. The number of carbonyl (C=O) groups is 2. The van der Waals surface area contributed by atoms with Gasteiger partial charge in [-0.15, -0.1) is 36.6 Å². The Morgan fingerprint density at radius 1 is 1.09 bits per heavy atom. The van der Waals surface area contributed by atoms with Crippen molar-refractivity contribution < 1.29 is 19.4 Å². The minimum Gasteiger partial charge on any atom is -0.481 e. The number of ether oxygens (including phenoxy) is 1. The van der Waals surface area contributed by atoms with Crippen molar-refractivity contribution in [3.8, 4) is 0 Å². The van der Waals surface area contributed by atoms with E-state index in [0.29, 0.717) is 0 Å². The molecule has 33 heavy (non-hydrogen) atoms. The van der Waals surface area contributed by atoms with Crippen LogP contribution in [0.4, 0.5) is 5.69 Å². The lowest BCUT2D eigenvalue weighted by atomic mass is 9.88. The molecule has 1 spiro atoms. The first-order chi connectivity index (χ1) is 15.0. The van der Waals surface area contributed by atoms with Crippen LogP contribution in [0.5, 0.6) is 0 Å². The molecule has 0 radical (unpaired) electrons. The highest BCUT2D eigenvalue weighted by atomic mass is 35.5. The first-order valence-electron chi connectivity index (χ1n) is 10.4. The normalized spacial score (nSPS) is 22.0. The van der Waals surface area contributed by atoms with Crippen molar-refractivity contribution in [2.24, 2.45) is 5.73 Å². The largest absolute Gasteiger partial charge is 0.481 e. The van der Waals surface area contributed by atoms with Gasteiger partial charge < -0.3 is 14.7 Å². The van der Waals surface area contributed by atoms with Crippen molar-refractivity contribution in [1.29, 1.82) is 0 Å². The fourth-order valence-corrected chi connectivity index (χ4v) is 6.07. The summed E-state index contributed by atoms with van der Waals surface area (Å²) in [5.41, 5.74) is 7.99. The van der Waals surface area contributed by atoms with Gasteiger partial charge in [-0.3, -0.25) is 20.6 Å². The number of piperidine rings is 1. The van der Waals surface area contributed by atoms with Gasteiger partial charge in [0.05, 0.1) is 11.8 Å². The van der Waals surface area contributed by atoms with Gasteiger partial charge in [0.15, 0.2) is 6.23 Å². The van der Waals surface area contributed by atoms with E-state index in [1.54, 1.807) is 11.8 Å². The van der Waals surface area contributed by atoms with Crippen LogP contribution in [0.15, 0.2) is 60.7 Å². The van der Waals surface area contributed by atoms with Crippen LogP contribution in [-0.4, -0.2) is 46.3 Å². The minimum atomic E-state index is -0.892. The molecular weight excluding hydrogens is 485 g/mol. The number of rotatable bonds is 6. The van der Waals surface area contributed by atoms with E-state index in [9.17, 15) is 14.7 Å². The van der Waals surface area contributed by atoms with Gasteiger partial charge in [-0.05, 0) is 25.0 Å². The van der Waals surface area contributed by atoms with Crippen LogP contribution in [0.3, 0.4) is 0 Å². The number of halogens is 2. The number of thioether (sulfide) groups is 1. The lowest BCUT2D eigenvalue weighted by Crippen LogP contribution is -2.54. The van der Waals surface area contributed by atoms with Crippen molar-refractivity contribution in [1.82, 2.24) is 5.32 Å². The molecule has 2 aliphatic rings. The highest BCUT2D eigenvalue weighted by molar-refractivity contribution is 8.01. The molecule has 2 aliphatic heterocycles. The number of carboxylic acids is 1. The van der Waals surface area contributed by atoms with Gasteiger partial charge in [0.25, 0.3) is 0 Å². The van der Waals surface area contributed by atoms with Crippen LogP contribution in [-0.2, 0) is 14.3 Å². The van der Waals surface area contributed by atoms with E-state index >= 15 is 0 Å². The Bertz CT molecular complexity index is 914. The first kappa shape index (κ1) is 27.3. The molecule has 10 heteroatoms. The molecule has 0 aliphatic carbocycles. The molecule has 7 nitrogen and oxygen atoms in total. The maximum absolute atomic E-state index is 13.1. The maximum atomic E-state index is 13.1. The number of anilines is 1. The predicted octanol–water partition coefficient (Wildman–Crippen LogP) is 3.58. The van der Waals surface area contributed by atoms with Crippen LogP contribution >= 0.6 is 36.6 Å². The molecule has 2 heterocycles. The van der Waals surface area contributed by atoms with E-state index in [1.165, 1.54) is 0 Å². The molecule has 4 rings (SSSR count). The summed E-state index contributed by atoms with van der Waals surface area (Å²) in [5.74, 6) is -1.32.